The Morgan fingerprint density at radius 3 is 2.14 bits per heavy atom. The Morgan fingerprint density at radius 1 is 1.21 bits per heavy atom. The predicted octanol–water partition coefficient (Wildman–Crippen LogP) is 2.76. The Morgan fingerprint density at radius 2 is 1.79 bits per heavy atom. The van der Waals surface area contributed by atoms with Crippen molar-refractivity contribution in [1.29, 1.82) is 0 Å². The van der Waals surface area contributed by atoms with E-state index in [0.717, 1.165) is 5.69 Å². The fraction of sp³-hybridized carbons (Fsp3) is 0.818. The van der Waals surface area contributed by atoms with Crippen molar-refractivity contribution in [2.75, 3.05) is 0 Å². The largest absolute Gasteiger partial charge is 0.198 e. The zero-order chi connectivity index (χ0) is 11.0. The van der Waals surface area contributed by atoms with E-state index in [1.165, 1.54) is 0 Å². The maximum atomic E-state index is 4.20. The third-order valence-electron chi connectivity index (χ3n) is 4.11. The highest BCUT2D eigenvalue weighted by molar-refractivity contribution is 5.14. The van der Waals surface area contributed by atoms with Crippen LogP contribution in [0.1, 0.15) is 47.2 Å². The summed E-state index contributed by atoms with van der Waals surface area (Å²) in [5, 5.41) is 10.8. The molecule has 0 bridgehead atoms. The Labute approximate surface area is 86.3 Å². The van der Waals surface area contributed by atoms with Gasteiger partial charge in [0.25, 0.3) is 0 Å². The monoisotopic (exact) mass is 195 g/mol. The van der Waals surface area contributed by atoms with Gasteiger partial charge < -0.3 is 0 Å². The molecule has 0 atom stereocenters. The minimum absolute atomic E-state index is 0.0359. The first-order valence-corrected chi connectivity index (χ1v) is 5.16. The number of hydrogen-bond acceptors (Lipinski definition) is 2. The normalized spacial score (nSPS) is 13.6. The quantitative estimate of drug-likeness (QED) is 0.805. The van der Waals surface area contributed by atoms with Gasteiger partial charge in [0.1, 0.15) is 0 Å². The molecular formula is C11H21N3. The molecule has 0 aliphatic carbocycles. The topological polar surface area (TPSA) is 41.6 Å². The molecule has 0 aromatic carbocycles. The molecule has 0 aliphatic rings. The Hall–Kier alpha value is -0.860. The van der Waals surface area contributed by atoms with E-state index >= 15 is 0 Å². The zero-order valence-corrected chi connectivity index (χ0v) is 10.0. The molecule has 3 heteroatoms. The minimum atomic E-state index is 0.0359. The van der Waals surface area contributed by atoms with Crippen molar-refractivity contribution < 1.29 is 0 Å². The van der Waals surface area contributed by atoms with Crippen LogP contribution in [0.15, 0.2) is 6.20 Å². The first-order chi connectivity index (χ1) is 6.30. The van der Waals surface area contributed by atoms with Crippen molar-refractivity contribution in [3.05, 3.63) is 11.9 Å². The van der Waals surface area contributed by atoms with Crippen molar-refractivity contribution in [2.45, 2.75) is 47.0 Å². The summed E-state index contributed by atoms with van der Waals surface area (Å²) in [6, 6.07) is 0. The lowest BCUT2D eigenvalue weighted by molar-refractivity contribution is 0.122. The van der Waals surface area contributed by atoms with Gasteiger partial charge in [-0.05, 0) is 11.3 Å². The van der Waals surface area contributed by atoms with Gasteiger partial charge in [0, 0.05) is 5.41 Å². The van der Waals surface area contributed by atoms with Crippen LogP contribution in [0.3, 0.4) is 0 Å². The molecule has 0 amide bonds. The van der Waals surface area contributed by atoms with E-state index in [2.05, 4.69) is 57.0 Å². The second-order valence-corrected chi connectivity index (χ2v) is 5.36. The summed E-state index contributed by atoms with van der Waals surface area (Å²) in [6.45, 7) is 13.5. The van der Waals surface area contributed by atoms with Gasteiger partial charge in [-0.2, -0.15) is 15.4 Å². The summed E-state index contributed by atoms with van der Waals surface area (Å²) in [5.41, 5.74) is 1.27. The number of rotatable bonds is 3. The molecule has 0 aliphatic heterocycles. The van der Waals surface area contributed by atoms with Gasteiger partial charge >= 0.3 is 0 Å². The van der Waals surface area contributed by atoms with Gasteiger partial charge in [-0.15, -0.1) is 0 Å². The molecule has 3 nitrogen and oxygen atoms in total. The number of H-pyrrole nitrogens is 1. The van der Waals surface area contributed by atoms with Crippen molar-refractivity contribution in [1.82, 2.24) is 15.4 Å². The van der Waals surface area contributed by atoms with E-state index in [1.54, 1.807) is 0 Å². The van der Waals surface area contributed by atoms with Crippen LogP contribution < -0.4 is 0 Å². The first-order valence-electron chi connectivity index (χ1n) is 5.16. The Kier molecular flexibility index (Phi) is 2.70. The van der Waals surface area contributed by atoms with Crippen LogP contribution in [-0.2, 0) is 5.41 Å². The van der Waals surface area contributed by atoms with Crippen LogP contribution in [0.4, 0.5) is 0 Å². The Bertz CT molecular complexity index is 283. The second-order valence-electron chi connectivity index (χ2n) is 5.36. The second kappa shape index (κ2) is 3.37. The molecule has 0 saturated heterocycles. The van der Waals surface area contributed by atoms with E-state index in [1.807, 2.05) is 6.20 Å². The van der Waals surface area contributed by atoms with Gasteiger partial charge in [-0.3, -0.25) is 0 Å². The van der Waals surface area contributed by atoms with Crippen molar-refractivity contribution in [3.8, 4) is 0 Å². The van der Waals surface area contributed by atoms with Crippen LogP contribution in [0.25, 0.3) is 0 Å². The van der Waals surface area contributed by atoms with Crippen molar-refractivity contribution in [3.63, 3.8) is 0 Å². The molecule has 1 heterocycles. The van der Waals surface area contributed by atoms with Crippen molar-refractivity contribution in [2.24, 2.45) is 11.3 Å². The molecule has 0 saturated carbocycles. The summed E-state index contributed by atoms with van der Waals surface area (Å²) < 4.78 is 0. The molecule has 14 heavy (non-hydrogen) atoms. The van der Waals surface area contributed by atoms with Gasteiger partial charge in [0.2, 0.25) is 0 Å². The van der Waals surface area contributed by atoms with E-state index in [9.17, 15) is 0 Å². The van der Waals surface area contributed by atoms with E-state index in [0.29, 0.717) is 5.92 Å². The maximum absolute atomic E-state index is 4.20. The lowest BCUT2D eigenvalue weighted by Crippen LogP contribution is -2.40. The highest BCUT2D eigenvalue weighted by atomic mass is 15.3. The molecular weight excluding hydrogens is 174 g/mol. The average molecular weight is 195 g/mol. The summed E-state index contributed by atoms with van der Waals surface area (Å²) in [4.78, 5) is 0. The number of nitrogens with one attached hydrogen (secondary N) is 1. The third kappa shape index (κ3) is 1.56. The summed E-state index contributed by atoms with van der Waals surface area (Å²) in [7, 11) is 0. The molecule has 0 fully saturated rings. The molecule has 1 N–H and O–H groups in total. The molecule has 1 aromatic rings. The molecule has 0 spiro atoms. The van der Waals surface area contributed by atoms with Gasteiger partial charge in [-0.1, -0.05) is 41.5 Å². The highest BCUT2D eigenvalue weighted by Crippen LogP contribution is 2.45. The number of nitrogens with zero attached hydrogens (tertiary/aromatic N) is 2. The maximum Gasteiger partial charge on any atom is 0.0886 e. The third-order valence-corrected chi connectivity index (χ3v) is 4.11. The van der Waals surface area contributed by atoms with E-state index in [4.69, 9.17) is 0 Å². The standard InChI is InChI=1S/C11H21N3/c1-8(2)10(3,4)11(5,6)9-7-12-14-13-9/h7-8H,1-6H3,(H,12,13,14). The summed E-state index contributed by atoms with van der Waals surface area (Å²) in [5.74, 6) is 0.606. The fourth-order valence-corrected chi connectivity index (χ4v) is 1.55. The van der Waals surface area contributed by atoms with Gasteiger partial charge in [0.05, 0.1) is 11.9 Å². The van der Waals surface area contributed by atoms with Gasteiger partial charge in [-0.25, -0.2) is 0 Å². The number of hydrogen-bond donors (Lipinski definition) is 1. The van der Waals surface area contributed by atoms with Crippen LogP contribution >= 0.6 is 0 Å². The Balaban J connectivity index is 3.07. The fourth-order valence-electron chi connectivity index (χ4n) is 1.55. The summed E-state index contributed by atoms with van der Waals surface area (Å²) >= 11 is 0. The van der Waals surface area contributed by atoms with E-state index < -0.39 is 0 Å². The van der Waals surface area contributed by atoms with Crippen LogP contribution in [0.2, 0.25) is 0 Å². The first kappa shape index (κ1) is 11.2. The van der Waals surface area contributed by atoms with Crippen LogP contribution in [0.5, 0.6) is 0 Å². The molecule has 80 valence electrons. The van der Waals surface area contributed by atoms with E-state index in [-0.39, 0.29) is 10.8 Å². The highest BCUT2D eigenvalue weighted by Gasteiger charge is 2.42. The average Bonchev–Trinajstić information content (AvgIpc) is 2.55. The number of aromatic amines is 1. The lowest BCUT2D eigenvalue weighted by atomic mass is 9.61. The molecule has 0 unspecified atom stereocenters. The predicted molar refractivity (Wildman–Crippen MR) is 58.0 cm³/mol. The molecule has 1 rings (SSSR count). The molecule has 0 radical (unpaired) electrons. The minimum Gasteiger partial charge on any atom is -0.198 e. The molecule has 1 aromatic heterocycles. The summed E-state index contributed by atoms with van der Waals surface area (Å²) in [6.07, 6.45) is 1.82. The van der Waals surface area contributed by atoms with Gasteiger partial charge in [0.15, 0.2) is 0 Å². The smallest absolute Gasteiger partial charge is 0.0886 e. The van der Waals surface area contributed by atoms with Crippen molar-refractivity contribution >= 4 is 0 Å². The zero-order valence-electron chi connectivity index (χ0n) is 10.0. The number of aromatic nitrogens is 3. The SMILES string of the molecule is CC(C)C(C)(C)C(C)(C)c1cn[nH]n1. The lowest BCUT2D eigenvalue weighted by Gasteiger charge is -2.43. The van der Waals surface area contributed by atoms with Crippen LogP contribution in [-0.4, -0.2) is 15.4 Å². The van der Waals surface area contributed by atoms with Crippen LogP contribution in [0, 0.1) is 11.3 Å².